The van der Waals surface area contributed by atoms with E-state index in [1.165, 1.54) is 0 Å². The average Bonchev–Trinajstić information content (AvgIpc) is 2.55. The molecule has 1 unspecified atom stereocenters. The first-order valence-corrected chi connectivity index (χ1v) is 7.91. The van der Waals surface area contributed by atoms with Gasteiger partial charge in [0.25, 0.3) is 0 Å². The van der Waals surface area contributed by atoms with Crippen LogP contribution < -0.4 is 4.74 Å². The summed E-state index contributed by atoms with van der Waals surface area (Å²) >= 11 is 3.34. The number of aliphatic hydroxyl groups is 1. The number of carbonyl (C=O) groups is 1. The predicted molar refractivity (Wildman–Crippen MR) is 86.1 cm³/mol. The molecule has 0 saturated carbocycles. The van der Waals surface area contributed by atoms with Gasteiger partial charge in [0.05, 0.1) is 6.61 Å². The Balaban J connectivity index is 2.18. The molecule has 0 bridgehead atoms. The summed E-state index contributed by atoms with van der Waals surface area (Å²) in [5.41, 5.74) is 0.987. The summed E-state index contributed by atoms with van der Waals surface area (Å²) in [5, 5.41) is 11.2. The van der Waals surface area contributed by atoms with E-state index in [0.717, 1.165) is 11.8 Å². The van der Waals surface area contributed by atoms with Crippen LogP contribution in [0.3, 0.4) is 0 Å². The molecular formula is C17H17BrO3. The number of hydrogen-bond donors (Lipinski definition) is 1. The number of ketones is 1. The lowest BCUT2D eigenvalue weighted by atomic mass is 9.99. The normalized spacial score (nSPS) is 11.9. The van der Waals surface area contributed by atoms with E-state index in [1.807, 2.05) is 12.1 Å². The molecule has 110 valence electrons. The number of para-hydroxylation sites is 1. The molecule has 2 aromatic carbocycles. The molecule has 0 aliphatic carbocycles. The third-order valence-electron chi connectivity index (χ3n) is 3.06. The summed E-state index contributed by atoms with van der Waals surface area (Å²) in [6.45, 7) is 0.536. The van der Waals surface area contributed by atoms with E-state index in [0.29, 0.717) is 23.5 Å². The highest BCUT2D eigenvalue weighted by Crippen LogP contribution is 2.27. The Labute approximate surface area is 132 Å². The Hall–Kier alpha value is -1.65. The van der Waals surface area contributed by atoms with Crippen molar-refractivity contribution >= 4 is 21.7 Å². The van der Waals surface area contributed by atoms with E-state index in [1.54, 1.807) is 42.5 Å². The Kier molecular flexibility index (Phi) is 5.96. The second-order valence-electron chi connectivity index (χ2n) is 4.56. The van der Waals surface area contributed by atoms with Crippen LogP contribution in [-0.2, 0) is 0 Å². The van der Waals surface area contributed by atoms with Crippen LogP contribution in [0.15, 0.2) is 54.6 Å². The molecule has 1 N–H and O–H groups in total. The van der Waals surface area contributed by atoms with Gasteiger partial charge in [-0.15, -0.1) is 0 Å². The van der Waals surface area contributed by atoms with E-state index < -0.39 is 6.10 Å². The third-order valence-corrected chi connectivity index (χ3v) is 3.62. The van der Waals surface area contributed by atoms with E-state index in [9.17, 15) is 9.90 Å². The van der Waals surface area contributed by atoms with Crippen molar-refractivity contribution < 1.29 is 14.6 Å². The molecule has 0 aliphatic heterocycles. The molecule has 0 saturated heterocycles. The van der Waals surface area contributed by atoms with Crippen LogP contribution in [0.4, 0.5) is 0 Å². The molecule has 0 fully saturated rings. The maximum Gasteiger partial charge on any atom is 0.195 e. The lowest BCUT2D eigenvalue weighted by Gasteiger charge is -2.15. The smallest absolute Gasteiger partial charge is 0.195 e. The SMILES string of the molecule is O=C(c1ccccc1)C(O)c1ccccc1OCCCBr. The average molecular weight is 349 g/mol. The molecule has 4 heteroatoms. The molecule has 1 atom stereocenters. The van der Waals surface area contributed by atoms with E-state index in [4.69, 9.17) is 4.74 Å². The van der Waals surface area contributed by atoms with Gasteiger partial charge in [-0.3, -0.25) is 4.79 Å². The van der Waals surface area contributed by atoms with Crippen molar-refractivity contribution in [1.29, 1.82) is 0 Å². The van der Waals surface area contributed by atoms with Gasteiger partial charge in [-0.05, 0) is 12.5 Å². The Bertz CT molecular complexity index is 584. The summed E-state index contributed by atoms with van der Waals surface area (Å²) < 4.78 is 5.64. The fourth-order valence-electron chi connectivity index (χ4n) is 1.98. The van der Waals surface area contributed by atoms with Crippen molar-refractivity contribution in [2.75, 3.05) is 11.9 Å². The quantitative estimate of drug-likeness (QED) is 0.470. The second kappa shape index (κ2) is 7.96. The third kappa shape index (κ3) is 4.16. The number of hydrogen-bond acceptors (Lipinski definition) is 3. The molecule has 0 amide bonds. The van der Waals surface area contributed by atoms with Crippen molar-refractivity contribution in [1.82, 2.24) is 0 Å². The van der Waals surface area contributed by atoms with Gasteiger partial charge in [-0.2, -0.15) is 0 Å². The highest BCUT2D eigenvalue weighted by molar-refractivity contribution is 9.09. The van der Waals surface area contributed by atoms with Gasteiger partial charge >= 0.3 is 0 Å². The Morgan fingerprint density at radius 1 is 1.10 bits per heavy atom. The lowest BCUT2D eigenvalue weighted by molar-refractivity contribution is 0.0740. The number of rotatable bonds is 7. The number of ether oxygens (including phenoxy) is 1. The largest absolute Gasteiger partial charge is 0.493 e. The molecule has 0 aliphatic rings. The van der Waals surface area contributed by atoms with E-state index >= 15 is 0 Å². The Morgan fingerprint density at radius 2 is 1.76 bits per heavy atom. The van der Waals surface area contributed by atoms with Gasteiger partial charge < -0.3 is 9.84 Å². The number of carbonyl (C=O) groups excluding carboxylic acids is 1. The summed E-state index contributed by atoms with van der Waals surface area (Å²) in [6.07, 6.45) is -0.357. The second-order valence-corrected chi connectivity index (χ2v) is 5.35. The molecular weight excluding hydrogens is 332 g/mol. The molecule has 21 heavy (non-hydrogen) atoms. The van der Waals surface area contributed by atoms with Crippen LogP contribution in [0.25, 0.3) is 0 Å². The van der Waals surface area contributed by atoms with Crippen molar-refractivity contribution in [3.8, 4) is 5.75 Å². The van der Waals surface area contributed by atoms with Crippen LogP contribution in [0, 0.1) is 0 Å². The summed E-state index contributed by atoms with van der Waals surface area (Å²) in [4.78, 5) is 12.3. The fourth-order valence-corrected chi connectivity index (χ4v) is 2.20. The zero-order valence-corrected chi connectivity index (χ0v) is 13.1. The van der Waals surface area contributed by atoms with E-state index in [-0.39, 0.29) is 5.78 Å². The van der Waals surface area contributed by atoms with Crippen LogP contribution in [-0.4, -0.2) is 22.8 Å². The van der Waals surface area contributed by atoms with Crippen molar-refractivity contribution in [3.05, 3.63) is 65.7 Å². The first-order chi connectivity index (χ1) is 10.2. The predicted octanol–water partition coefficient (Wildman–Crippen LogP) is 3.77. The minimum atomic E-state index is -1.22. The standard InChI is InChI=1S/C17H17BrO3/c18-11-6-12-21-15-10-5-4-9-14(15)17(20)16(19)13-7-2-1-3-8-13/h1-5,7-10,17,20H,6,11-12H2. The van der Waals surface area contributed by atoms with Gasteiger partial charge in [0, 0.05) is 16.5 Å². The molecule has 0 heterocycles. The van der Waals surface area contributed by atoms with Gasteiger partial charge in [0.1, 0.15) is 11.9 Å². The number of alkyl halides is 1. The first kappa shape index (κ1) is 15.7. The number of Topliss-reactive ketones (excluding diaryl/α,β-unsaturated/α-hetero) is 1. The molecule has 2 aromatic rings. The van der Waals surface area contributed by atoms with E-state index in [2.05, 4.69) is 15.9 Å². The van der Waals surface area contributed by atoms with Crippen LogP contribution in [0.2, 0.25) is 0 Å². The van der Waals surface area contributed by atoms with Crippen molar-refractivity contribution in [3.63, 3.8) is 0 Å². The molecule has 0 aromatic heterocycles. The molecule has 0 radical (unpaired) electrons. The molecule has 0 spiro atoms. The van der Waals surface area contributed by atoms with Gasteiger partial charge in [0.15, 0.2) is 5.78 Å². The summed E-state index contributed by atoms with van der Waals surface area (Å²) in [6, 6.07) is 15.9. The number of halogens is 1. The fraction of sp³-hybridized carbons (Fsp3) is 0.235. The van der Waals surface area contributed by atoms with Crippen LogP contribution in [0.1, 0.15) is 28.4 Å². The summed E-state index contributed by atoms with van der Waals surface area (Å²) in [7, 11) is 0. The zero-order chi connectivity index (χ0) is 15.1. The first-order valence-electron chi connectivity index (χ1n) is 6.79. The minimum absolute atomic E-state index is 0.327. The maximum absolute atomic E-state index is 12.3. The van der Waals surface area contributed by atoms with Crippen LogP contribution in [0.5, 0.6) is 5.75 Å². The topological polar surface area (TPSA) is 46.5 Å². The monoisotopic (exact) mass is 348 g/mol. The maximum atomic E-state index is 12.3. The van der Waals surface area contributed by atoms with Gasteiger partial charge in [0.2, 0.25) is 0 Å². The van der Waals surface area contributed by atoms with Crippen molar-refractivity contribution in [2.45, 2.75) is 12.5 Å². The molecule has 3 nitrogen and oxygen atoms in total. The Morgan fingerprint density at radius 3 is 2.48 bits per heavy atom. The minimum Gasteiger partial charge on any atom is -0.493 e. The van der Waals surface area contributed by atoms with Crippen LogP contribution >= 0.6 is 15.9 Å². The highest BCUT2D eigenvalue weighted by atomic mass is 79.9. The zero-order valence-electron chi connectivity index (χ0n) is 11.5. The van der Waals surface area contributed by atoms with Crippen molar-refractivity contribution in [2.24, 2.45) is 0 Å². The number of aliphatic hydroxyl groups excluding tert-OH is 1. The highest BCUT2D eigenvalue weighted by Gasteiger charge is 2.22. The van der Waals surface area contributed by atoms with Gasteiger partial charge in [-0.25, -0.2) is 0 Å². The molecule has 2 rings (SSSR count). The summed E-state index contributed by atoms with van der Waals surface area (Å²) in [5.74, 6) is 0.224. The lowest BCUT2D eigenvalue weighted by Crippen LogP contribution is -2.14. The number of benzene rings is 2. The van der Waals surface area contributed by atoms with Gasteiger partial charge in [-0.1, -0.05) is 64.5 Å².